The average Bonchev–Trinajstić information content (AvgIpc) is 2.59. The summed E-state index contributed by atoms with van der Waals surface area (Å²) in [4.78, 5) is 14.6. The molecule has 134 valence electrons. The van der Waals surface area contributed by atoms with Gasteiger partial charge in [-0.05, 0) is 37.4 Å². The molecule has 1 heterocycles. The number of carbonyl (C=O) groups excluding carboxylic acids is 1. The SMILES string of the molecule is CC(C)NCC1CCCN(CC(C)C(=O)OCc2ccccc2)C1. The summed E-state index contributed by atoms with van der Waals surface area (Å²) in [6.45, 7) is 10.8. The summed E-state index contributed by atoms with van der Waals surface area (Å²) >= 11 is 0. The highest BCUT2D eigenvalue weighted by molar-refractivity contribution is 5.72. The van der Waals surface area contributed by atoms with Crippen LogP contribution in [0.4, 0.5) is 0 Å². The van der Waals surface area contributed by atoms with Crippen LogP contribution < -0.4 is 5.32 Å². The zero-order valence-electron chi connectivity index (χ0n) is 15.3. The van der Waals surface area contributed by atoms with Gasteiger partial charge in [-0.1, -0.05) is 51.1 Å². The summed E-state index contributed by atoms with van der Waals surface area (Å²) in [5, 5.41) is 3.53. The van der Waals surface area contributed by atoms with Gasteiger partial charge in [0.1, 0.15) is 6.61 Å². The largest absolute Gasteiger partial charge is 0.461 e. The second kappa shape index (κ2) is 9.80. The van der Waals surface area contributed by atoms with Crippen LogP contribution in [0.1, 0.15) is 39.2 Å². The molecule has 2 unspecified atom stereocenters. The Bertz CT molecular complexity index is 490. The van der Waals surface area contributed by atoms with E-state index in [-0.39, 0.29) is 11.9 Å². The standard InChI is InChI=1S/C20H32N2O2/c1-16(2)21-12-19-10-7-11-22(14-19)13-17(3)20(23)24-15-18-8-5-4-6-9-18/h4-6,8-9,16-17,19,21H,7,10-15H2,1-3H3. The van der Waals surface area contributed by atoms with E-state index in [1.54, 1.807) is 0 Å². The fourth-order valence-corrected chi connectivity index (χ4v) is 3.22. The Morgan fingerprint density at radius 2 is 2.04 bits per heavy atom. The lowest BCUT2D eigenvalue weighted by Gasteiger charge is -2.34. The number of hydrogen-bond acceptors (Lipinski definition) is 4. The molecule has 1 aliphatic rings. The summed E-state index contributed by atoms with van der Waals surface area (Å²) in [6, 6.07) is 10.4. The van der Waals surface area contributed by atoms with Crippen LogP contribution in [0, 0.1) is 11.8 Å². The average molecular weight is 332 g/mol. The van der Waals surface area contributed by atoms with Gasteiger partial charge in [0.25, 0.3) is 0 Å². The normalized spacial score (nSPS) is 20.1. The summed E-state index contributed by atoms with van der Waals surface area (Å²) in [7, 11) is 0. The molecule has 1 N–H and O–H groups in total. The molecule has 0 radical (unpaired) electrons. The van der Waals surface area contributed by atoms with E-state index in [0.717, 1.165) is 31.7 Å². The zero-order valence-corrected chi connectivity index (χ0v) is 15.3. The molecule has 0 spiro atoms. The van der Waals surface area contributed by atoms with Crippen LogP contribution in [0.15, 0.2) is 30.3 Å². The van der Waals surface area contributed by atoms with Crippen molar-refractivity contribution in [3.63, 3.8) is 0 Å². The van der Waals surface area contributed by atoms with Crippen LogP contribution in [0.25, 0.3) is 0 Å². The van der Waals surface area contributed by atoms with Gasteiger partial charge in [0.15, 0.2) is 0 Å². The van der Waals surface area contributed by atoms with Crippen molar-refractivity contribution in [2.75, 3.05) is 26.2 Å². The molecule has 4 nitrogen and oxygen atoms in total. The molecule has 1 saturated heterocycles. The number of nitrogens with one attached hydrogen (secondary N) is 1. The van der Waals surface area contributed by atoms with E-state index < -0.39 is 0 Å². The summed E-state index contributed by atoms with van der Waals surface area (Å²) in [5.74, 6) is 0.514. The predicted molar refractivity (Wildman–Crippen MR) is 97.7 cm³/mol. The summed E-state index contributed by atoms with van der Waals surface area (Å²) in [5.41, 5.74) is 1.04. The smallest absolute Gasteiger partial charge is 0.310 e. The van der Waals surface area contributed by atoms with Crippen molar-refractivity contribution < 1.29 is 9.53 Å². The monoisotopic (exact) mass is 332 g/mol. The summed E-state index contributed by atoms with van der Waals surface area (Å²) in [6.07, 6.45) is 2.50. The van der Waals surface area contributed by atoms with Crippen LogP contribution in [0.3, 0.4) is 0 Å². The van der Waals surface area contributed by atoms with Gasteiger partial charge in [-0.2, -0.15) is 0 Å². The van der Waals surface area contributed by atoms with Gasteiger partial charge in [-0.3, -0.25) is 4.79 Å². The van der Waals surface area contributed by atoms with Gasteiger partial charge in [0.05, 0.1) is 5.92 Å². The van der Waals surface area contributed by atoms with Crippen molar-refractivity contribution in [1.29, 1.82) is 0 Å². The van der Waals surface area contributed by atoms with Gasteiger partial charge in [0.2, 0.25) is 0 Å². The Balaban J connectivity index is 1.72. The predicted octanol–water partition coefficient (Wildman–Crippen LogP) is 3.08. The Morgan fingerprint density at radius 1 is 1.29 bits per heavy atom. The molecule has 0 amide bonds. The van der Waals surface area contributed by atoms with Crippen LogP contribution >= 0.6 is 0 Å². The Labute approximate surface area is 146 Å². The molecular formula is C20H32N2O2. The minimum atomic E-state index is -0.0960. The minimum absolute atomic E-state index is 0.0782. The molecule has 1 fully saturated rings. The van der Waals surface area contributed by atoms with Gasteiger partial charge in [-0.25, -0.2) is 0 Å². The van der Waals surface area contributed by atoms with E-state index in [0.29, 0.717) is 18.6 Å². The highest BCUT2D eigenvalue weighted by Gasteiger charge is 2.24. The maximum absolute atomic E-state index is 12.2. The molecule has 0 aliphatic carbocycles. The first-order chi connectivity index (χ1) is 11.5. The number of esters is 1. The maximum atomic E-state index is 12.2. The molecule has 0 bridgehead atoms. The number of likely N-dealkylation sites (tertiary alicyclic amines) is 1. The second-order valence-electron chi connectivity index (χ2n) is 7.33. The Morgan fingerprint density at radius 3 is 2.75 bits per heavy atom. The van der Waals surface area contributed by atoms with E-state index in [2.05, 4.69) is 24.1 Å². The third-order valence-electron chi connectivity index (χ3n) is 4.58. The number of rotatable bonds is 8. The molecule has 24 heavy (non-hydrogen) atoms. The number of carbonyl (C=O) groups is 1. The van der Waals surface area contributed by atoms with Crippen molar-refractivity contribution in [2.24, 2.45) is 11.8 Å². The van der Waals surface area contributed by atoms with E-state index in [1.807, 2.05) is 37.3 Å². The first kappa shape index (κ1) is 18.9. The second-order valence-corrected chi connectivity index (χ2v) is 7.33. The van der Waals surface area contributed by atoms with Crippen LogP contribution in [-0.4, -0.2) is 43.1 Å². The van der Waals surface area contributed by atoms with Gasteiger partial charge in [0, 0.05) is 19.1 Å². The summed E-state index contributed by atoms with van der Waals surface area (Å²) < 4.78 is 5.46. The lowest BCUT2D eigenvalue weighted by Crippen LogP contribution is -2.43. The van der Waals surface area contributed by atoms with Crippen molar-refractivity contribution in [2.45, 2.75) is 46.3 Å². The number of piperidine rings is 1. The lowest BCUT2D eigenvalue weighted by molar-refractivity contribution is -0.150. The van der Waals surface area contributed by atoms with Crippen LogP contribution in [-0.2, 0) is 16.1 Å². The minimum Gasteiger partial charge on any atom is -0.461 e. The number of nitrogens with zero attached hydrogens (tertiary/aromatic N) is 1. The molecule has 4 heteroatoms. The number of ether oxygens (including phenoxy) is 1. The molecular weight excluding hydrogens is 300 g/mol. The van der Waals surface area contributed by atoms with E-state index >= 15 is 0 Å². The Kier molecular flexibility index (Phi) is 7.73. The van der Waals surface area contributed by atoms with Crippen LogP contribution in [0.5, 0.6) is 0 Å². The fourth-order valence-electron chi connectivity index (χ4n) is 3.22. The molecule has 1 aromatic carbocycles. The van der Waals surface area contributed by atoms with Crippen molar-refractivity contribution in [1.82, 2.24) is 10.2 Å². The molecule has 2 rings (SSSR count). The highest BCUT2D eigenvalue weighted by atomic mass is 16.5. The van der Waals surface area contributed by atoms with Gasteiger partial charge >= 0.3 is 5.97 Å². The first-order valence-electron chi connectivity index (χ1n) is 9.21. The number of benzene rings is 1. The lowest BCUT2D eigenvalue weighted by atomic mass is 9.96. The van der Waals surface area contributed by atoms with Gasteiger partial charge < -0.3 is 15.0 Å². The fraction of sp³-hybridized carbons (Fsp3) is 0.650. The van der Waals surface area contributed by atoms with E-state index in [1.165, 1.54) is 12.8 Å². The third kappa shape index (κ3) is 6.62. The Hall–Kier alpha value is -1.39. The van der Waals surface area contributed by atoms with Crippen molar-refractivity contribution in [3.8, 4) is 0 Å². The first-order valence-corrected chi connectivity index (χ1v) is 9.21. The van der Waals surface area contributed by atoms with E-state index in [4.69, 9.17) is 4.74 Å². The molecule has 0 saturated carbocycles. The van der Waals surface area contributed by atoms with Crippen LogP contribution in [0.2, 0.25) is 0 Å². The molecule has 2 atom stereocenters. The quantitative estimate of drug-likeness (QED) is 0.743. The zero-order chi connectivity index (χ0) is 17.4. The van der Waals surface area contributed by atoms with Crippen molar-refractivity contribution in [3.05, 3.63) is 35.9 Å². The van der Waals surface area contributed by atoms with Crippen molar-refractivity contribution >= 4 is 5.97 Å². The topological polar surface area (TPSA) is 41.6 Å². The molecule has 1 aromatic rings. The van der Waals surface area contributed by atoms with E-state index in [9.17, 15) is 4.79 Å². The van der Waals surface area contributed by atoms with Gasteiger partial charge in [-0.15, -0.1) is 0 Å². The molecule has 1 aliphatic heterocycles. The molecule has 0 aromatic heterocycles. The highest BCUT2D eigenvalue weighted by Crippen LogP contribution is 2.17. The number of hydrogen-bond donors (Lipinski definition) is 1. The maximum Gasteiger partial charge on any atom is 0.310 e. The third-order valence-corrected chi connectivity index (χ3v) is 4.58.